The van der Waals surface area contributed by atoms with Gasteiger partial charge in [0.25, 0.3) is 0 Å². The first-order chi connectivity index (χ1) is 9.92. The number of ether oxygens (including phenoxy) is 2. The average molecular weight is 311 g/mol. The van der Waals surface area contributed by atoms with Crippen molar-refractivity contribution in [3.63, 3.8) is 0 Å². The molecule has 0 saturated heterocycles. The van der Waals surface area contributed by atoms with Gasteiger partial charge in [0.15, 0.2) is 5.57 Å². The predicted molar refractivity (Wildman–Crippen MR) is 83.5 cm³/mol. The summed E-state index contributed by atoms with van der Waals surface area (Å²) in [5.41, 5.74) is 2.16. The lowest BCUT2D eigenvalue weighted by Crippen LogP contribution is -2.19. The highest BCUT2D eigenvalue weighted by molar-refractivity contribution is 7.16. The molecule has 0 radical (unpaired) electrons. The molecule has 1 rings (SSSR count). The molecule has 0 saturated carbocycles. The van der Waals surface area contributed by atoms with E-state index in [4.69, 9.17) is 9.47 Å². The fourth-order valence-corrected chi connectivity index (χ4v) is 2.67. The molecule has 116 valence electrons. The van der Waals surface area contributed by atoms with Gasteiger partial charge in [0.2, 0.25) is 0 Å². The van der Waals surface area contributed by atoms with Crippen LogP contribution in [0.1, 0.15) is 29.9 Å². The molecule has 1 aromatic rings. The van der Waals surface area contributed by atoms with E-state index < -0.39 is 11.9 Å². The van der Waals surface area contributed by atoms with E-state index in [2.05, 4.69) is 5.32 Å². The van der Waals surface area contributed by atoms with Crippen molar-refractivity contribution in [1.82, 2.24) is 0 Å². The molecule has 0 aliphatic heterocycles. The normalized spacial score (nSPS) is 9.95. The highest BCUT2D eigenvalue weighted by atomic mass is 32.1. The molecular formula is C15H21NO4S. The summed E-state index contributed by atoms with van der Waals surface area (Å²) in [6, 6.07) is 0. The molecule has 1 heterocycles. The zero-order chi connectivity index (χ0) is 16.0. The van der Waals surface area contributed by atoms with Crippen molar-refractivity contribution in [3.05, 3.63) is 27.8 Å². The lowest BCUT2D eigenvalue weighted by atomic mass is 10.2. The first-order valence-corrected chi connectivity index (χ1v) is 7.61. The standard InChI is InChI=1S/C15H21NO4S/c1-6-19-14(17)12(15(18)20-7-2)8-16-13-10(4)9(3)11(5)21-13/h8,16H,6-7H2,1-5H3. The summed E-state index contributed by atoms with van der Waals surface area (Å²) in [6.07, 6.45) is 1.35. The van der Waals surface area contributed by atoms with Crippen molar-refractivity contribution in [2.75, 3.05) is 18.5 Å². The Kier molecular flexibility index (Phi) is 6.42. The van der Waals surface area contributed by atoms with Crippen molar-refractivity contribution in [2.24, 2.45) is 0 Å². The number of rotatable bonds is 6. The molecule has 0 aliphatic carbocycles. The summed E-state index contributed by atoms with van der Waals surface area (Å²) in [7, 11) is 0. The smallest absolute Gasteiger partial charge is 0.347 e. The van der Waals surface area contributed by atoms with Gasteiger partial charge in [-0.25, -0.2) is 9.59 Å². The summed E-state index contributed by atoms with van der Waals surface area (Å²) in [5.74, 6) is -1.38. The fourth-order valence-electron chi connectivity index (χ4n) is 1.63. The van der Waals surface area contributed by atoms with Gasteiger partial charge in [-0.1, -0.05) is 0 Å². The average Bonchev–Trinajstić information content (AvgIpc) is 2.67. The topological polar surface area (TPSA) is 64.6 Å². The molecule has 1 aromatic heterocycles. The number of carbonyl (C=O) groups is 2. The van der Waals surface area contributed by atoms with Crippen LogP contribution in [0.2, 0.25) is 0 Å². The number of carbonyl (C=O) groups excluding carboxylic acids is 2. The van der Waals surface area contributed by atoms with Crippen molar-refractivity contribution in [3.8, 4) is 0 Å². The van der Waals surface area contributed by atoms with E-state index in [9.17, 15) is 9.59 Å². The second kappa shape index (κ2) is 7.83. The van der Waals surface area contributed by atoms with Gasteiger partial charge < -0.3 is 14.8 Å². The van der Waals surface area contributed by atoms with Crippen LogP contribution in [0.25, 0.3) is 0 Å². The van der Waals surface area contributed by atoms with Crippen molar-refractivity contribution in [2.45, 2.75) is 34.6 Å². The van der Waals surface area contributed by atoms with Crippen LogP contribution in [0.3, 0.4) is 0 Å². The molecule has 0 aliphatic rings. The highest BCUT2D eigenvalue weighted by Crippen LogP contribution is 2.31. The molecule has 0 amide bonds. The quantitative estimate of drug-likeness (QED) is 0.378. The summed E-state index contributed by atoms with van der Waals surface area (Å²) in [4.78, 5) is 24.8. The largest absolute Gasteiger partial charge is 0.462 e. The highest BCUT2D eigenvalue weighted by Gasteiger charge is 2.21. The number of nitrogens with one attached hydrogen (secondary N) is 1. The third-order valence-electron chi connectivity index (χ3n) is 3.02. The maximum absolute atomic E-state index is 11.8. The minimum Gasteiger partial charge on any atom is -0.462 e. The van der Waals surface area contributed by atoms with E-state index in [1.54, 1.807) is 25.2 Å². The van der Waals surface area contributed by atoms with E-state index in [0.29, 0.717) is 0 Å². The third-order valence-corrected chi connectivity index (χ3v) is 4.27. The first kappa shape index (κ1) is 17.2. The Morgan fingerprint density at radius 2 is 1.57 bits per heavy atom. The summed E-state index contributed by atoms with van der Waals surface area (Å²) < 4.78 is 9.75. The second-order valence-electron chi connectivity index (χ2n) is 4.38. The third kappa shape index (κ3) is 4.32. The maximum atomic E-state index is 11.8. The van der Waals surface area contributed by atoms with Gasteiger partial charge in [0, 0.05) is 11.1 Å². The summed E-state index contributed by atoms with van der Waals surface area (Å²) in [6.45, 7) is 9.82. The van der Waals surface area contributed by atoms with Crippen LogP contribution in [0.5, 0.6) is 0 Å². The van der Waals surface area contributed by atoms with Crippen LogP contribution in [-0.2, 0) is 19.1 Å². The Balaban J connectivity index is 2.99. The molecular weight excluding hydrogens is 290 g/mol. The van der Waals surface area contributed by atoms with E-state index >= 15 is 0 Å². The lowest BCUT2D eigenvalue weighted by Gasteiger charge is -2.07. The molecule has 0 aromatic carbocycles. The van der Waals surface area contributed by atoms with Gasteiger partial charge in [-0.15, -0.1) is 11.3 Å². The minimum absolute atomic E-state index is 0.137. The van der Waals surface area contributed by atoms with Gasteiger partial charge in [-0.2, -0.15) is 0 Å². The monoisotopic (exact) mass is 311 g/mol. The molecule has 5 nitrogen and oxygen atoms in total. The van der Waals surface area contributed by atoms with Crippen molar-refractivity contribution < 1.29 is 19.1 Å². The van der Waals surface area contributed by atoms with Gasteiger partial charge in [-0.3, -0.25) is 0 Å². The summed E-state index contributed by atoms with van der Waals surface area (Å²) >= 11 is 1.57. The maximum Gasteiger partial charge on any atom is 0.347 e. The molecule has 0 unspecified atom stereocenters. The van der Waals surface area contributed by atoms with Gasteiger partial charge >= 0.3 is 11.9 Å². The fraction of sp³-hybridized carbons (Fsp3) is 0.467. The number of anilines is 1. The number of esters is 2. The van der Waals surface area contributed by atoms with Crippen LogP contribution >= 0.6 is 11.3 Å². The minimum atomic E-state index is -0.689. The number of aryl methyl sites for hydroxylation is 1. The van der Waals surface area contributed by atoms with Crippen LogP contribution in [0.15, 0.2) is 11.8 Å². The Morgan fingerprint density at radius 1 is 1.05 bits per heavy atom. The number of hydrogen-bond donors (Lipinski definition) is 1. The van der Waals surface area contributed by atoms with Crippen LogP contribution < -0.4 is 5.32 Å². The molecule has 6 heteroatoms. The van der Waals surface area contributed by atoms with E-state index in [0.717, 1.165) is 10.6 Å². The Hall–Kier alpha value is -1.82. The molecule has 0 atom stereocenters. The van der Waals surface area contributed by atoms with E-state index in [1.807, 2.05) is 20.8 Å². The predicted octanol–water partition coefficient (Wildman–Crippen LogP) is 3.10. The molecule has 0 fully saturated rings. The SMILES string of the molecule is CCOC(=O)C(=CNc1sc(C)c(C)c1C)C(=O)OCC. The zero-order valence-electron chi connectivity index (χ0n) is 13.0. The second-order valence-corrected chi connectivity index (χ2v) is 5.61. The summed E-state index contributed by atoms with van der Waals surface area (Å²) in [5, 5.41) is 3.91. The van der Waals surface area contributed by atoms with Gasteiger partial charge in [0.05, 0.1) is 18.2 Å². The Bertz CT molecular complexity index is 540. The van der Waals surface area contributed by atoms with Gasteiger partial charge in [0.1, 0.15) is 0 Å². The molecule has 0 spiro atoms. The van der Waals surface area contributed by atoms with Crippen LogP contribution in [-0.4, -0.2) is 25.2 Å². The first-order valence-electron chi connectivity index (χ1n) is 6.79. The van der Waals surface area contributed by atoms with Gasteiger partial charge in [-0.05, 0) is 45.7 Å². The van der Waals surface area contributed by atoms with E-state index in [1.165, 1.54) is 16.6 Å². The lowest BCUT2D eigenvalue weighted by molar-refractivity contribution is -0.146. The van der Waals surface area contributed by atoms with Crippen molar-refractivity contribution in [1.29, 1.82) is 0 Å². The van der Waals surface area contributed by atoms with Crippen molar-refractivity contribution >= 4 is 28.3 Å². The van der Waals surface area contributed by atoms with Crippen LogP contribution in [0, 0.1) is 20.8 Å². The number of hydrogen-bond acceptors (Lipinski definition) is 6. The molecule has 0 bridgehead atoms. The molecule has 1 N–H and O–H groups in total. The Labute approximate surface area is 128 Å². The molecule has 21 heavy (non-hydrogen) atoms. The number of thiophene rings is 1. The van der Waals surface area contributed by atoms with E-state index in [-0.39, 0.29) is 18.8 Å². The zero-order valence-corrected chi connectivity index (χ0v) is 13.8. The Morgan fingerprint density at radius 3 is 1.95 bits per heavy atom. The van der Waals surface area contributed by atoms with Crippen LogP contribution in [0.4, 0.5) is 5.00 Å².